The van der Waals surface area contributed by atoms with E-state index in [0.29, 0.717) is 18.7 Å². The summed E-state index contributed by atoms with van der Waals surface area (Å²) in [6.45, 7) is 2.54. The molecular formula is C13H18FNO3. The van der Waals surface area contributed by atoms with E-state index in [1.165, 1.54) is 6.07 Å². The van der Waals surface area contributed by atoms with Gasteiger partial charge in [0.15, 0.2) is 0 Å². The number of aliphatic hydroxyl groups is 1. The van der Waals surface area contributed by atoms with Crippen molar-refractivity contribution in [1.82, 2.24) is 5.32 Å². The van der Waals surface area contributed by atoms with Gasteiger partial charge in [-0.15, -0.1) is 0 Å². The van der Waals surface area contributed by atoms with Gasteiger partial charge in [0.25, 0.3) is 0 Å². The molecule has 0 aliphatic rings. The molecule has 0 fully saturated rings. The summed E-state index contributed by atoms with van der Waals surface area (Å²) in [5.41, 5.74) is 1.51. The Bertz CT molecular complexity index is 409. The first-order valence-corrected chi connectivity index (χ1v) is 5.84. The number of aliphatic hydroxyl groups excluding tert-OH is 1. The number of carboxylic acids is 1. The third-order valence-electron chi connectivity index (χ3n) is 2.62. The quantitative estimate of drug-likeness (QED) is 0.689. The molecule has 0 radical (unpaired) electrons. The highest BCUT2D eigenvalue weighted by Crippen LogP contribution is 2.08. The van der Waals surface area contributed by atoms with Crippen LogP contribution in [0.25, 0.3) is 0 Å². The van der Waals surface area contributed by atoms with Gasteiger partial charge < -0.3 is 15.5 Å². The summed E-state index contributed by atoms with van der Waals surface area (Å²) in [5.74, 6) is -1.15. The smallest absolute Gasteiger partial charge is 0.303 e. The van der Waals surface area contributed by atoms with Crippen LogP contribution >= 0.6 is 0 Å². The number of rotatable bonds is 7. The normalized spacial score (nSPS) is 12.4. The number of benzene rings is 1. The lowest BCUT2D eigenvalue weighted by Crippen LogP contribution is -2.27. The predicted octanol–water partition coefficient (Wildman–Crippen LogP) is 1.45. The molecule has 0 heterocycles. The van der Waals surface area contributed by atoms with Crippen molar-refractivity contribution >= 4 is 5.97 Å². The van der Waals surface area contributed by atoms with E-state index in [4.69, 9.17) is 5.11 Å². The molecule has 0 saturated carbocycles. The van der Waals surface area contributed by atoms with Gasteiger partial charge in [0.2, 0.25) is 0 Å². The summed E-state index contributed by atoms with van der Waals surface area (Å²) in [6.07, 6.45) is -0.494. The summed E-state index contributed by atoms with van der Waals surface area (Å²) in [6, 6.07) is 4.83. The number of nitrogens with one attached hydrogen (secondary N) is 1. The van der Waals surface area contributed by atoms with Crippen molar-refractivity contribution in [2.24, 2.45) is 0 Å². The maximum Gasteiger partial charge on any atom is 0.303 e. The molecule has 4 nitrogen and oxygen atoms in total. The number of hydrogen-bond acceptors (Lipinski definition) is 3. The minimum atomic E-state index is -0.914. The zero-order valence-electron chi connectivity index (χ0n) is 10.3. The fourth-order valence-electron chi connectivity index (χ4n) is 1.59. The van der Waals surface area contributed by atoms with Crippen molar-refractivity contribution in [3.63, 3.8) is 0 Å². The second kappa shape index (κ2) is 7.08. The Morgan fingerprint density at radius 3 is 2.83 bits per heavy atom. The largest absolute Gasteiger partial charge is 0.481 e. The highest BCUT2D eigenvalue weighted by Gasteiger charge is 2.06. The van der Waals surface area contributed by atoms with Gasteiger partial charge in [-0.2, -0.15) is 0 Å². The Balaban J connectivity index is 2.28. The lowest BCUT2D eigenvalue weighted by Gasteiger charge is -2.11. The lowest BCUT2D eigenvalue weighted by atomic mass is 10.1. The van der Waals surface area contributed by atoms with Crippen molar-refractivity contribution in [2.45, 2.75) is 32.4 Å². The topological polar surface area (TPSA) is 69.6 Å². The van der Waals surface area contributed by atoms with E-state index in [-0.39, 0.29) is 18.7 Å². The number of halogens is 1. The van der Waals surface area contributed by atoms with Crippen LogP contribution in [-0.4, -0.2) is 28.8 Å². The predicted molar refractivity (Wildman–Crippen MR) is 65.7 cm³/mol. The van der Waals surface area contributed by atoms with E-state index >= 15 is 0 Å². The van der Waals surface area contributed by atoms with Crippen LogP contribution in [0.2, 0.25) is 0 Å². The number of aliphatic carboxylic acids is 1. The van der Waals surface area contributed by atoms with Gasteiger partial charge in [0, 0.05) is 19.5 Å². The average molecular weight is 255 g/mol. The van der Waals surface area contributed by atoms with Gasteiger partial charge in [-0.1, -0.05) is 12.1 Å². The lowest BCUT2D eigenvalue weighted by molar-refractivity contribution is -0.137. The number of aryl methyl sites for hydroxylation is 1. The molecule has 0 amide bonds. The zero-order chi connectivity index (χ0) is 13.5. The summed E-state index contributed by atoms with van der Waals surface area (Å²) in [7, 11) is 0. The maximum absolute atomic E-state index is 13.0. The van der Waals surface area contributed by atoms with Crippen LogP contribution in [0.5, 0.6) is 0 Å². The molecule has 0 saturated heterocycles. The average Bonchev–Trinajstić information content (AvgIpc) is 2.31. The fraction of sp³-hybridized carbons (Fsp3) is 0.462. The van der Waals surface area contributed by atoms with Crippen LogP contribution in [0.4, 0.5) is 4.39 Å². The second-order valence-electron chi connectivity index (χ2n) is 4.30. The molecule has 0 aromatic heterocycles. The molecule has 100 valence electrons. The molecule has 0 bridgehead atoms. The van der Waals surface area contributed by atoms with Gasteiger partial charge >= 0.3 is 5.97 Å². The van der Waals surface area contributed by atoms with Crippen molar-refractivity contribution in [1.29, 1.82) is 0 Å². The molecule has 1 aromatic rings. The van der Waals surface area contributed by atoms with Crippen LogP contribution in [-0.2, 0) is 11.3 Å². The van der Waals surface area contributed by atoms with Gasteiger partial charge in [-0.25, -0.2) is 4.39 Å². The molecule has 0 aliphatic carbocycles. The number of carbonyl (C=O) groups is 1. The molecule has 1 aromatic carbocycles. The molecule has 0 aliphatic heterocycles. The molecule has 5 heteroatoms. The van der Waals surface area contributed by atoms with Crippen LogP contribution in [0.3, 0.4) is 0 Å². The first-order chi connectivity index (χ1) is 8.49. The fourth-order valence-corrected chi connectivity index (χ4v) is 1.59. The first-order valence-electron chi connectivity index (χ1n) is 5.84. The SMILES string of the molecule is Cc1cc(CNCC(O)CCC(=O)O)ccc1F. The third-order valence-corrected chi connectivity index (χ3v) is 2.62. The highest BCUT2D eigenvalue weighted by atomic mass is 19.1. The molecule has 18 heavy (non-hydrogen) atoms. The minimum absolute atomic E-state index is 0.0432. The number of hydrogen-bond donors (Lipinski definition) is 3. The third kappa shape index (κ3) is 5.25. The molecule has 1 rings (SSSR count). The maximum atomic E-state index is 13.0. The van der Waals surface area contributed by atoms with Crippen molar-refractivity contribution < 1.29 is 19.4 Å². The van der Waals surface area contributed by atoms with Crippen molar-refractivity contribution in [3.8, 4) is 0 Å². The van der Waals surface area contributed by atoms with E-state index in [1.54, 1.807) is 19.1 Å². The standard InChI is InChI=1S/C13H18FNO3/c1-9-6-10(2-4-12(9)14)7-15-8-11(16)3-5-13(17)18/h2,4,6,11,15-16H,3,5,7-8H2,1H3,(H,17,18). The summed E-state index contributed by atoms with van der Waals surface area (Å²) < 4.78 is 13.0. The minimum Gasteiger partial charge on any atom is -0.481 e. The van der Waals surface area contributed by atoms with E-state index in [9.17, 15) is 14.3 Å². The van der Waals surface area contributed by atoms with Crippen LogP contribution in [0, 0.1) is 12.7 Å². The first kappa shape index (κ1) is 14.6. The zero-order valence-corrected chi connectivity index (χ0v) is 10.3. The van der Waals surface area contributed by atoms with Crippen LogP contribution < -0.4 is 5.32 Å². The molecule has 0 spiro atoms. The Kier molecular flexibility index (Phi) is 5.74. The highest BCUT2D eigenvalue weighted by molar-refractivity contribution is 5.66. The Labute approximate surface area is 105 Å². The molecular weight excluding hydrogens is 237 g/mol. The van der Waals surface area contributed by atoms with E-state index < -0.39 is 12.1 Å². The van der Waals surface area contributed by atoms with E-state index in [2.05, 4.69) is 5.32 Å². The Morgan fingerprint density at radius 2 is 2.22 bits per heavy atom. The van der Waals surface area contributed by atoms with Gasteiger partial charge in [-0.3, -0.25) is 4.79 Å². The van der Waals surface area contributed by atoms with Crippen molar-refractivity contribution in [2.75, 3.05) is 6.54 Å². The van der Waals surface area contributed by atoms with Crippen molar-refractivity contribution in [3.05, 3.63) is 35.1 Å². The summed E-state index contributed by atoms with van der Waals surface area (Å²) in [5, 5.41) is 21.0. The monoisotopic (exact) mass is 255 g/mol. The van der Waals surface area contributed by atoms with Gasteiger partial charge in [0.1, 0.15) is 5.82 Å². The van der Waals surface area contributed by atoms with Crippen LogP contribution in [0.15, 0.2) is 18.2 Å². The van der Waals surface area contributed by atoms with Gasteiger partial charge in [0.05, 0.1) is 6.10 Å². The van der Waals surface area contributed by atoms with E-state index in [0.717, 1.165) is 5.56 Å². The van der Waals surface area contributed by atoms with Gasteiger partial charge in [-0.05, 0) is 30.5 Å². The second-order valence-corrected chi connectivity index (χ2v) is 4.30. The molecule has 1 unspecified atom stereocenters. The van der Waals surface area contributed by atoms with E-state index in [1.807, 2.05) is 0 Å². The summed E-state index contributed by atoms with van der Waals surface area (Å²) in [4.78, 5) is 10.3. The van der Waals surface area contributed by atoms with Crippen LogP contribution in [0.1, 0.15) is 24.0 Å². The Morgan fingerprint density at radius 1 is 1.50 bits per heavy atom. The Hall–Kier alpha value is -1.46. The number of carboxylic acid groups (broad SMARTS) is 1. The molecule has 3 N–H and O–H groups in total. The summed E-state index contributed by atoms with van der Waals surface area (Å²) >= 11 is 0. The molecule has 1 atom stereocenters.